The van der Waals surface area contributed by atoms with E-state index in [-0.39, 0.29) is 5.75 Å². The van der Waals surface area contributed by atoms with Crippen molar-refractivity contribution in [3.05, 3.63) is 91.0 Å². The zero-order valence-electron chi connectivity index (χ0n) is 14.4. The molecule has 0 aliphatic rings. The Morgan fingerprint density at radius 3 is 1.63 bits per heavy atom. The van der Waals surface area contributed by atoms with Gasteiger partial charge in [0.15, 0.2) is 0 Å². The topological polar surface area (TPSA) is 69.7 Å². The highest BCUT2D eigenvalue weighted by atomic mass is 16.3. The molecule has 130 valence electrons. The first-order valence-corrected chi connectivity index (χ1v) is 8.49. The Hall–Kier alpha value is -3.86. The fourth-order valence-corrected chi connectivity index (χ4v) is 2.66. The van der Waals surface area contributed by atoms with E-state index in [1.54, 1.807) is 12.1 Å². The minimum atomic E-state index is 0.234. The summed E-state index contributed by atoms with van der Waals surface area (Å²) in [6.45, 7) is 0. The molecule has 4 aromatic carbocycles. The molecule has 0 spiro atoms. The average molecular weight is 352 g/mol. The smallest absolute Gasteiger partial charge is 0.123 e. The van der Waals surface area contributed by atoms with Crippen molar-refractivity contribution in [1.82, 2.24) is 0 Å². The Kier molecular flexibility index (Phi) is 4.66. The molecule has 0 aromatic heterocycles. The summed E-state index contributed by atoms with van der Waals surface area (Å²) in [4.78, 5) is 0. The van der Waals surface area contributed by atoms with Crippen LogP contribution in [-0.2, 0) is 0 Å². The van der Waals surface area contributed by atoms with E-state index in [1.807, 2.05) is 78.9 Å². The van der Waals surface area contributed by atoms with Gasteiger partial charge in [0, 0.05) is 10.8 Å². The maximum absolute atomic E-state index is 9.95. The molecule has 0 aliphatic heterocycles. The molecule has 4 aromatic rings. The highest BCUT2D eigenvalue weighted by Crippen LogP contribution is 2.33. The highest BCUT2D eigenvalue weighted by Gasteiger charge is 2.03. The molecule has 4 rings (SSSR count). The molecule has 0 unspecified atom stereocenters. The zero-order chi connectivity index (χ0) is 18.5. The van der Waals surface area contributed by atoms with Crippen molar-refractivity contribution in [3.63, 3.8) is 0 Å². The second-order valence-corrected chi connectivity index (χ2v) is 5.90. The van der Waals surface area contributed by atoms with Crippen molar-refractivity contribution in [1.29, 1.82) is 0 Å². The first kappa shape index (κ1) is 16.6. The van der Waals surface area contributed by atoms with Crippen LogP contribution in [0.2, 0.25) is 0 Å². The van der Waals surface area contributed by atoms with E-state index in [0.717, 1.165) is 22.1 Å². The van der Waals surface area contributed by atoms with Crippen molar-refractivity contribution in [2.45, 2.75) is 0 Å². The molecule has 27 heavy (non-hydrogen) atoms. The Balaban J connectivity index is 1.54. The Bertz CT molecular complexity index is 1120. The van der Waals surface area contributed by atoms with Crippen molar-refractivity contribution < 1.29 is 5.11 Å². The quantitative estimate of drug-likeness (QED) is 0.382. The van der Waals surface area contributed by atoms with E-state index in [0.29, 0.717) is 11.4 Å². The Labute approximate surface area is 156 Å². The molecule has 0 radical (unpaired) electrons. The van der Waals surface area contributed by atoms with E-state index in [4.69, 9.17) is 0 Å². The third-order valence-corrected chi connectivity index (χ3v) is 4.04. The van der Waals surface area contributed by atoms with E-state index < -0.39 is 0 Å². The van der Waals surface area contributed by atoms with Gasteiger partial charge in [-0.3, -0.25) is 0 Å². The van der Waals surface area contributed by atoms with Gasteiger partial charge >= 0.3 is 0 Å². The van der Waals surface area contributed by atoms with Crippen molar-refractivity contribution in [3.8, 4) is 5.75 Å². The van der Waals surface area contributed by atoms with Gasteiger partial charge in [0.2, 0.25) is 0 Å². The Morgan fingerprint density at radius 1 is 0.444 bits per heavy atom. The molecule has 5 nitrogen and oxygen atoms in total. The summed E-state index contributed by atoms with van der Waals surface area (Å²) in [5, 5.41) is 28.6. The van der Waals surface area contributed by atoms with E-state index in [2.05, 4.69) is 20.5 Å². The number of rotatable bonds is 4. The number of hydrogen-bond acceptors (Lipinski definition) is 5. The highest BCUT2D eigenvalue weighted by molar-refractivity contribution is 5.96. The van der Waals surface area contributed by atoms with Crippen molar-refractivity contribution in [2.75, 3.05) is 0 Å². The van der Waals surface area contributed by atoms with Gasteiger partial charge in [-0.05, 0) is 48.5 Å². The zero-order valence-corrected chi connectivity index (χ0v) is 14.4. The number of phenols is 1. The first-order chi connectivity index (χ1) is 13.3. The van der Waals surface area contributed by atoms with Gasteiger partial charge in [0.05, 0.1) is 22.7 Å². The number of fused-ring (bicyclic) bond motifs is 1. The Morgan fingerprint density at radius 2 is 0.963 bits per heavy atom. The summed E-state index contributed by atoms with van der Waals surface area (Å²) < 4.78 is 0. The summed E-state index contributed by atoms with van der Waals surface area (Å²) in [6, 6.07) is 27.9. The molecule has 1 N–H and O–H groups in total. The van der Waals surface area contributed by atoms with Crippen LogP contribution in [0.25, 0.3) is 10.8 Å². The van der Waals surface area contributed by atoms with Gasteiger partial charge in [0.25, 0.3) is 0 Å². The minimum absolute atomic E-state index is 0.234. The van der Waals surface area contributed by atoms with Gasteiger partial charge in [-0.1, -0.05) is 42.5 Å². The van der Waals surface area contributed by atoms with Crippen LogP contribution in [0, 0.1) is 0 Å². The van der Waals surface area contributed by atoms with Crippen LogP contribution in [0.1, 0.15) is 0 Å². The first-order valence-electron chi connectivity index (χ1n) is 8.49. The van der Waals surface area contributed by atoms with Crippen LogP contribution < -0.4 is 0 Å². The van der Waals surface area contributed by atoms with Gasteiger partial charge in [0.1, 0.15) is 5.75 Å². The van der Waals surface area contributed by atoms with Crippen molar-refractivity contribution >= 4 is 33.5 Å². The average Bonchev–Trinajstić information content (AvgIpc) is 2.73. The van der Waals surface area contributed by atoms with Gasteiger partial charge in [-0.15, -0.1) is 5.11 Å². The molecular weight excluding hydrogens is 336 g/mol. The van der Waals surface area contributed by atoms with Gasteiger partial charge in [-0.25, -0.2) is 0 Å². The van der Waals surface area contributed by atoms with Crippen LogP contribution in [0.4, 0.5) is 22.7 Å². The molecule has 0 atom stereocenters. The largest absolute Gasteiger partial charge is 0.507 e. The molecular formula is C22H16N4O. The molecule has 0 heterocycles. The monoisotopic (exact) mass is 352 g/mol. The molecule has 0 bridgehead atoms. The predicted octanol–water partition coefficient (Wildman–Crippen LogP) is 7.38. The fourth-order valence-electron chi connectivity index (χ4n) is 2.66. The van der Waals surface area contributed by atoms with Crippen LogP contribution in [0.3, 0.4) is 0 Å². The summed E-state index contributed by atoms with van der Waals surface area (Å²) in [6.07, 6.45) is 0. The van der Waals surface area contributed by atoms with Crippen LogP contribution in [-0.4, -0.2) is 5.11 Å². The van der Waals surface area contributed by atoms with E-state index >= 15 is 0 Å². The van der Waals surface area contributed by atoms with Gasteiger partial charge < -0.3 is 5.11 Å². The lowest BCUT2D eigenvalue weighted by atomic mass is 10.1. The molecule has 5 heteroatoms. The number of phenolic OH excluding ortho intramolecular Hbond substituents is 1. The van der Waals surface area contributed by atoms with Gasteiger partial charge in [-0.2, -0.15) is 15.3 Å². The fraction of sp³-hybridized carbons (Fsp3) is 0. The number of azo groups is 2. The summed E-state index contributed by atoms with van der Waals surface area (Å²) >= 11 is 0. The number of hydrogen-bond donors (Lipinski definition) is 1. The lowest BCUT2D eigenvalue weighted by Crippen LogP contribution is -1.74. The van der Waals surface area contributed by atoms with E-state index in [1.165, 1.54) is 0 Å². The number of nitrogens with zero attached hydrogens (tertiary/aromatic N) is 4. The SMILES string of the molecule is Oc1ccc(N=Nc2ccc(N=Nc3ccccc3)cc2)c2ccccc12. The lowest BCUT2D eigenvalue weighted by Gasteiger charge is -2.03. The van der Waals surface area contributed by atoms with E-state index in [9.17, 15) is 5.11 Å². The molecule has 0 saturated heterocycles. The number of aromatic hydroxyl groups is 1. The molecule has 0 aliphatic carbocycles. The standard InChI is InChI=1S/C22H16N4O/c27-22-15-14-21(19-8-4-5-9-20(19)22)26-25-18-12-10-17(11-13-18)24-23-16-6-2-1-3-7-16/h1-15,27H. The number of benzene rings is 4. The van der Waals surface area contributed by atoms with Crippen LogP contribution in [0.5, 0.6) is 5.75 Å². The summed E-state index contributed by atoms with van der Waals surface area (Å²) in [7, 11) is 0. The second-order valence-electron chi connectivity index (χ2n) is 5.90. The lowest BCUT2D eigenvalue weighted by molar-refractivity contribution is 0.481. The van der Waals surface area contributed by atoms with Crippen molar-refractivity contribution in [2.24, 2.45) is 20.5 Å². The maximum atomic E-state index is 9.95. The van der Waals surface area contributed by atoms with Crippen LogP contribution >= 0.6 is 0 Å². The third-order valence-electron chi connectivity index (χ3n) is 4.04. The minimum Gasteiger partial charge on any atom is -0.507 e. The normalized spacial score (nSPS) is 11.6. The predicted molar refractivity (Wildman–Crippen MR) is 107 cm³/mol. The molecule has 0 amide bonds. The summed E-state index contributed by atoms with van der Waals surface area (Å²) in [5.74, 6) is 0.234. The summed E-state index contributed by atoms with van der Waals surface area (Å²) in [5.41, 5.74) is 2.97. The molecule has 0 saturated carbocycles. The van der Waals surface area contributed by atoms with Crippen LogP contribution in [0.15, 0.2) is 111 Å². The second kappa shape index (κ2) is 7.58. The third kappa shape index (κ3) is 3.88. The molecule has 0 fully saturated rings. The maximum Gasteiger partial charge on any atom is 0.123 e.